The molecule has 3 heterocycles. The van der Waals surface area contributed by atoms with E-state index >= 15 is 0 Å². The number of guanidine groups is 2. The van der Waals surface area contributed by atoms with Crippen LogP contribution < -0.4 is 65.5 Å². The fraction of sp³-hybridized carbons (Fsp3) is 0.600. The van der Waals surface area contributed by atoms with Crippen molar-refractivity contribution in [2.24, 2.45) is 44.8 Å². The average Bonchev–Trinajstić information content (AvgIpc) is 1.99. The van der Waals surface area contributed by atoms with Gasteiger partial charge in [-0.25, -0.2) is 0 Å². The number of aliphatic hydroxyl groups excluding tert-OH is 2. The molecule has 3 saturated heterocycles. The fourth-order valence-corrected chi connectivity index (χ4v) is 11.0. The first kappa shape index (κ1) is 70.4. The number of fused-ring (bicyclic) bond motifs is 2. The Labute approximate surface area is 513 Å². The minimum atomic E-state index is -1.70. The van der Waals surface area contributed by atoms with Crippen LogP contribution in [0.5, 0.6) is 0 Å². The summed E-state index contributed by atoms with van der Waals surface area (Å²) in [7, 11) is 0. The first-order valence-electron chi connectivity index (χ1n) is 30.3. The molecule has 18 N–H and O–H groups in total. The summed E-state index contributed by atoms with van der Waals surface area (Å²) in [5, 5.41) is 43.9. The van der Waals surface area contributed by atoms with E-state index in [-0.39, 0.29) is 114 Å². The second-order valence-corrected chi connectivity index (χ2v) is 23.7. The van der Waals surface area contributed by atoms with Gasteiger partial charge in [0.15, 0.2) is 11.9 Å². The summed E-state index contributed by atoms with van der Waals surface area (Å²) in [5.41, 5.74) is 23.6. The van der Waals surface area contributed by atoms with E-state index in [4.69, 9.17) is 22.9 Å². The van der Waals surface area contributed by atoms with E-state index in [0.717, 1.165) is 0 Å². The van der Waals surface area contributed by atoms with Crippen LogP contribution >= 0.6 is 0 Å². The van der Waals surface area contributed by atoms with Gasteiger partial charge in [-0.1, -0.05) is 88.4 Å². The number of carbonyl (C=O) groups excluding carboxylic acids is 10. The number of aliphatic hydroxyl groups is 2. The number of hydrogen-bond donors (Lipinski definition) is 14. The molecule has 28 heteroatoms. The van der Waals surface area contributed by atoms with Gasteiger partial charge in [0.25, 0.3) is 0 Å². The van der Waals surface area contributed by atoms with E-state index < -0.39 is 132 Å². The Morgan fingerprint density at radius 2 is 0.773 bits per heavy atom. The highest BCUT2D eigenvalue weighted by atomic mass is 16.3. The summed E-state index contributed by atoms with van der Waals surface area (Å²) in [6.07, 6.45) is -2.31. The Morgan fingerprint density at radius 1 is 0.455 bits per heavy atom. The quantitative estimate of drug-likeness (QED) is 0.0411. The maximum absolute atomic E-state index is 14.9. The third-order valence-corrected chi connectivity index (χ3v) is 15.4. The third-order valence-electron chi connectivity index (χ3n) is 15.4. The minimum Gasteiger partial charge on any atom is -0.391 e. The van der Waals surface area contributed by atoms with E-state index in [1.165, 1.54) is 23.6 Å². The lowest BCUT2D eigenvalue weighted by atomic mass is 9.99. The van der Waals surface area contributed by atoms with E-state index in [2.05, 4.69) is 52.5 Å². The first-order chi connectivity index (χ1) is 41.7. The number of carbonyl (C=O) groups is 10. The molecule has 3 aliphatic rings. The molecule has 0 spiro atoms. The molecule has 484 valence electrons. The minimum absolute atomic E-state index is 0.0215. The summed E-state index contributed by atoms with van der Waals surface area (Å²) in [6.45, 7) is 9.86. The van der Waals surface area contributed by atoms with Crippen LogP contribution in [0.3, 0.4) is 0 Å². The zero-order chi connectivity index (χ0) is 64.8. The molecule has 0 unspecified atom stereocenters. The van der Waals surface area contributed by atoms with Crippen LogP contribution in [-0.2, 0) is 60.8 Å². The van der Waals surface area contributed by atoms with Gasteiger partial charge in [0.05, 0.1) is 12.2 Å². The molecule has 3 aliphatic heterocycles. The molecule has 0 bridgehead atoms. The van der Waals surface area contributed by atoms with Crippen molar-refractivity contribution in [3.05, 3.63) is 71.8 Å². The maximum Gasteiger partial charge on any atom is 0.246 e. The number of nitrogens with zero attached hydrogens (tertiary/aromatic N) is 4. The highest BCUT2D eigenvalue weighted by Gasteiger charge is 2.44. The van der Waals surface area contributed by atoms with Gasteiger partial charge in [-0.15, -0.1) is 0 Å². The molecular weight excluding hydrogens is 1140 g/mol. The van der Waals surface area contributed by atoms with Crippen molar-refractivity contribution < 1.29 is 58.2 Å². The summed E-state index contributed by atoms with van der Waals surface area (Å²) in [4.78, 5) is 157. The van der Waals surface area contributed by atoms with Gasteiger partial charge in [-0.05, 0) is 101 Å². The fourth-order valence-electron chi connectivity index (χ4n) is 11.0. The van der Waals surface area contributed by atoms with E-state index in [9.17, 15) is 58.2 Å². The zero-order valence-corrected chi connectivity index (χ0v) is 51.2. The predicted molar refractivity (Wildman–Crippen MR) is 327 cm³/mol. The van der Waals surface area contributed by atoms with Crippen molar-refractivity contribution in [3.8, 4) is 0 Å². The Hall–Kier alpha value is -8.40. The van der Waals surface area contributed by atoms with Crippen LogP contribution in [0.1, 0.15) is 117 Å². The number of aliphatic imine (C=N–C) groups is 2. The Morgan fingerprint density at radius 3 is 1.09 bits per heavy atom. The van der Waals surface area contributed by atoms with Gasteiger partial charge < -0.3 is 85.5 Å². The summed E-state index contributed by atoms with van der Waals surface area (Å²) in [6, 6.07) is 3.45. The molecule has 0 aromatic heterocycles. The average molecular weight is 1230 g/mol. The van der Waals surface area contributed by atoms with Crippen molar-refractivity contribution in [2.45, 2.75) is 191 Å². The molecular formula is C60H92N16O12. The first-order valence-corrected chi connectivity index (χ1v) is 30.3. The molecule has 2 aromatic rings. The molecule has 12 atom stereocenters. The largest absolute Gasteiger partial charge is 0.391 e. The lowest BCUT2D eigenvalue weighted by molar-refractivity contribution is -0.143. The van der Waals surface area contributed by atoms with Gasteiger partial charge in [0.1, 0.15) is 60.4 Å². The topological polar surface area (TPSA) is 443 Å². The lowest BCUT2D eigenvalue weighted by Gasteiger charge is -2.32. The Kier molecular flexibility index (Phi) is 27.4. The smallest absolute Gasteiger partial charge is 0.246 e. The van der Waals surface area contributed by atoms with Gasteiger partial charge in [0, 0.05) is 39.0 Å². The van der Waals surface area contributed by atoms with Crippen molar-refractivity contribution in [1.82, 2.24) is 52.3 Å². The molecule has 3 fully saturated rings. The highest BCUT2D eigenvalue weighted by Crippen LogP contribution is 2.23. The third kappa shape index (κ3) is 21.5. The van der Waals surface area contributed by atoms with Crippen LogP contribution in [0.15, 0.2) is 70.6 Å². The van der Waals surface area contributed by atoms with Gasteiger partial charge in [-0.2, -0.15) is 0 Å². The molecule has 5 rings (SSSR count). The second-order valence-electron chi connectivity index (χ2n) is 23.7. The Balaban J connectivity index is 1.61. The number of benzene rings is 2. The summed E-state index contributed by atoms with van der Waals surface area (Å²) in [5.74, 6) is -9.18. The molecule has 10 amide bonds. The molecule has 0 saturated carbocycles. The van der Waals surface area contributed by atoms with E-state index in [0.29, 0.717) is 24.0 Å². The normalized spacial score (nSPS) is 26.0. The SMILES string of the molecule is CC(C)C[C@@H]1NC(=O)[C@H](CCCN=C(N)N)NC(=O)[C@H]([C@@H](C)O)NC(=O)[C@@H]2CCCN2C(=O)[C@@H](Cc2ccccc2)NC(=O)[C@H](CC(C)C)NC(=O)[C@H](CCCN=C(N)N)NC(=O)[C@H]([C@@H](C)O)NC(=O)[C@@H]2CCCN2C(=O)[C@@H](Cc2ccccc2)NC1=O. The monoisotopic (exact) mass is 1230 g/mol. The number of nitrogens with one attached hydrogen (secondary N) is 8. The highest BCUT2D eigenvalue weighted by molar-refractivity contribution is 6.00. The summed E-state index contributed by atoms with van der Waals surface area (Å²) >= 11 is 0. The van der Waals surface area contributed by atoms with Crippen LogP contribution in [-0.4, -0.2) is 190 Å². The molecule has 0 aliphatic carbocycles. The predicted octanol–water partition coefficient (Wildman–Crippen LogP) is -2.69. The van der Waals surface area contributed by atoms with Crippen LogP contribution in [0.2, 0.25) is 0 Å². The molecule has 88 heavy (non-hydrogen) atoms. The summed E-state index contributed by atoms with van der Waals surface area (Å²) < 4.78 is 0. The van der Waals surface area contributed by atoms with Crippen LogP contribution in [0.4, 0.5) is 0 Å². The number of amides is 10. The van der Waals surface area contributed by atoms with Crippen molar-refractivity contribution >= 4 is 71.0 Å². The van der Waals surface area contributed by atoms with Gasteiger partial charge >= 0.3 is 0 Å². The molecule has 28 nitrogen and oxygen atoms in total. The number of rotatable bonds is 18. The lowest BCUT2D eigenvalue weighted by Crippen LogP contribution is -2.63. The van der Waals surface area contributed by atoms with Crippen LogP contribution in [0, 0.1) is 11.8 Å². The van der Waals surface area contributed by atoms with Gasteiger partial charge in [0.2, 0.25) is 59.1 Å². The van der Waals surface area contributed by atoms with Gasteiger partial charge in [-0.3, -0.25) is 57.9 Å². The van der Waals surface area contributed by atoms with E-state index in [1.54, 1.807) is 88.4 Å². The standard InChI is InChI=1S/C60H92N16O12/c1-33(2)29-41-51(81)71-43(31-37-17-9-7-10-18-37)57(87)75-27-15-23-45(75)53(83)74-48(36(6)78)56(86)68-40(22-14-26-66-60(63)64)50(80)70-42(30-34(3)4)52(82)72-44(32-38-19-11-8-12-20-38)58(88)76-28-16-24-46(76)54(84)73-47(35(5)77)55(85)67-39(49(79)69-41)21-13-25-65-59(61)62/h7-12,17-20,33-36,39-48,77-78H,13-16,21-32H2,1-6H3,(H,67,85)(H,68,86)(H,69,79)(H,70,80)(H,71,81)(H,72,82)(H,73,84)(H,74,83)(H4,61,62,65)(H4,63,64,66)/t35-,36-,39+,40+,41+,42+,43-,44-,45+,46+,47+,48+/m1/s1. The number of hydrogen-bond acceptors (Lipinski definition) is 14. The van der Waals surface area contributed by atoms with Crippen molar-refractivity contribution in [2.75, 3.05) is 26.2 Å². The second kappa shape index (κ2) is 34.2. The molecule has 2 aromatic carbocycles. The van der Waals surface area contributed by atoms with Crippen LogP contribution in [0.25, 0.3) is 0 Å². The maximum atomic E-state index is 14.9. The van der Waals surface area contributed by atoms with Crippen molar-refractivity contribution in [3.63, 3.8) is 0 Å². The zero-order valence-electron chi connectivity index (χ0n) is 51.2. The number of nitrogens with two attached hydrogens (primary N) is 4. The van der Waals surface area contributed by atoms with Crippen molar-refractivity contribution in [1.29, 1.82) is 0 Å². The Bertz CT molecular complexity index is 2590. The molecule has 0 radical (unpaired) electrons. The van der Waals surface area contributed by atoms with E-state index in [1.807, 2.05) is 0 Å².